The molecule has 1 atom stereocenters. The zero-order valence-corrected chi connectivity index (χ0v) is 7.22. The number of aliphatic carboxylic acids is 1. The summed E-state index contributed by atoms with van der Waals surface area (Å²) in [6.07, 6.45) is 0.482. The van der Waals surface area contributed by atoms with Crippen LogP contribution in [0.1, 0.15) is 33.6 Å². The summed E-state index contributed by atoms with van der Waals surface area (Å²) in [5.74, 6) is -1.30. The maximum Gasteiger partial charge on any atom is 0.303 e. The van der Waals surface area contributed by atoms with Gasteiger partial charge < -0.3 is 5.11 Å². The van der Waals surface area contributed by atoms with Gasteiger partial charge in [-0.1, -0.05) is 6.92 Å². The maximum atomic E-state index is 13.2. The first-order chi connectivity index (χ1) is 4.88. The van der Waals surface area contributed by atoms with E-state index in [1.807, 2.05) is 0 Å². The molecule has 0 rings (SSSR count). The average molecular weight is 162 g/mol. The number of rotatable bonds is 4. The highest BCUT2D eigenvalue weighted by Crippen LogP contribution is 2.26. The molecule has 1 N–H and O–H groups in total. The summed E-state index contributed by atoms with van der Waals surface area (Å²) >= 11 is 0. The Labute approximate surface area is 66.4 Å². The van der Waals surface area contributed by atoms with Gasteiger partial charge in [0.15, 0.2) is 0 Å². The largest absolute Gasteiger partial charge is 0.481 e. The van der Waals surface area contributed by atoms with Crippen LogP contribution >= 0.6 is 0 Å². The van der Waals surface area contributed by atoms with Crippen LogP contribution in [0, 0.1) is 5.92 Å². The average Bonchev–Trinajstić information content (AvgIpc) is 1.79. The van der Waals surface area contributed by atoms with Crippen LogP contribution in [0.3, 0.4) is 0 Å². The quantitative estimate of drug-likeness (QED) is 0.688. The van der Waals surface area contributed by atoms with Crippen molar-refractivity contribution in [2.45, 2.75) is 39.3 Å². The van der Waals surface area contributed by atoms with Crippen molar-refractivity contribution in [3.05, 3.63) is 0 Å². The number of halogens is 1. The van der Waals surface area contributed by atoms with Gasteiger partial charge >= 0.3 is 5.97 Å². The molecule has 0 saturated heterocycles. The number of hydrogen-bond acceptors (Lipinski definition) is 1. The molecular formula is C8H15FO2. The zero-order chi connectivity index (χ0) is 9.07. The fourth-order valence-corrected chi connectivity index (χ4v) is 1.08. The molecule has 1 unspecified atom stereocenters. The first-order valence-electron chi connectivity index (χ1n) is 3.78. The van der Waals surface area contributed by atoms with E-state index < -0.39 is 11.6 Å². The molecule has 0 aromatic carbocycles. The zero-order valence-electron chi connectivity index (χ0n) is 7.22. The number of carboxylic acids is 1. The van der Waals surface area contributed by atoms with Gasteiger partial charge in [0.05, 0.1) is 6.42 Å². The highest BCUT2D eigenvalue weighted by Gasteiger charge is 2.29. The van der Waals surface area contributed by atoms with Crippen LogP contribution in [-0.2, 0) is 4.79 Å². The lowest BCUT2D eigenvalue weighted by molar-refractivity contribution is -0.139. The van der Waals surface area contributed by atoms with E-state index in [1.54, 1.807) is 6.92 Å². The molecule has 0 heterocycles. The molecule has 0 aliphatic rings. The van der Waals surface area contributed by atoms with E-state index in [-0.39, 0.29) is 12.3 Å². The van der Waals surface area contributed by atoms with Crippen molar-refractivity contribution in [1.29, 1.82) is 0 Å². The standard InChI is InChI=1S/C8H15FO2/c1-4-6(5-7(10)11)8(2,3)9/h6H,4-5H2,1-3H3,(H,10,11). The van der Waals surface area contributed by atoms with Crippen LogP contribution in [0.25, 0.3) is 0 Å². The topological polar surface area (TPSA) is 37.3 Å². The summed E-state index contributed by atoms with van der Waals surface area (Å²) in [6, 6.07) is 0. The van der Waals surface area contributed by atoms with E-state index in [2.05, 4.69) is 0 Å². The summed E-state index contributed by atoms with van der Waals surface area (Å²) in [7, 11) is 0. The second-order valence-corrected chi connectivity index (χ2v) is 3.27. The lowest BCUT2D eigenvalue weighted by Crippen LogP contribution is -2.27. The van der Waals surface area contributed by atoms with Crippen LogP contribution in [0.2, 0.25) is 0 Å². The predicted molar refractivity (Wildman–Crippen MR) is 41.2 cm³/mol. The Morgan fingerprint density at radius 2 is 2.09 bits per heavy atom. The third kappa shape index (κ3) is 3.96. The number of carbonyl (C=O) groups is 1. The Hall–Kier alpha value is -0.600. The molecular weight excluding hydrogens is 147 g/mol. The van der Waals surface area contributed by atoms with E-state index in [9.17, 15) is 9.18 Å². The fourth-order valence-electron chi connectivity index (χ4n) is 1.08. The van der Waals surface area contributed by atoms with Gasteiger partial charge in [0.25, 0.3) is 0 Å². The molecule has 0 bridgehead atoms. The molecule has 0 aliphatic carbocycles. The van der Waals surface area contributed by atoms with Crippen molar-refractivity contribution in [1.82, 2.24) is 0 Å². The van der Waals surface area contributed by atoms with E-state index in [1.165, 1.54) is 13.8 Å². The third-order valence-corrected chi connectivity index (χ3v) is 1.88. The van der Waals surface area contributed by atoms with Crippen LogP contribution < -0.4 is 0 Å². The molecule has 0 radical (unpaired) electrons. The maximum absolute atomic E-state index is 13.2. The van der Waals surface area contributed by atoms with Crippen molar-refractivity contribution in [3.8, 4) is 0 Å². The van der Waals surface area contributed by atoms with Gasteiger partial charge in [-0.05, 0) is 20.3 Å². The first-order valence-corrected chi connectivity index (χ1v) is 3.78. The van der Waals surface area contributed by atoms with Crippen molar-refractivity contribution >= 4 is 5.97 Å². The molecule has 0 aromatic heterocycles. The molecule has 0 spiro atoms. The summed E-state index contributed by atoms with van der Waals surface area (Å²) in [4.78, 5) is 10.2. The Balaban J connectivity index is 4.07. The molecule has 0 aliphatic heterocycles. The van der Waals surface area contributed by atoms with Crippen molar-refractivity contribution in [3.63, 3.8) is 0 Å². The Morgan fingerprint density at radius 1 is 1.64 bits per heavy atom. The van der Waals surface area contributed by atoms with Crippen molar-refractivity contribution in [2.75, 3.05) is 0 Å². The SMILES string of the molecule is CCC(CC(=O)O)C(C)(C)F. The van der Waals surface area contributed by atoms with E-state index in [0.717, 1.165) is 0 Å². The van der Waals surface area contributed by atoms with Gasteiger partial charge in [-0.3, -0.25) is 4.79 Å². The fraction of sp³-hybridized carbons (Fsp3) is 0.875. The minimum Gasteiger partial charge on any atom is -0.481 e. The number of hydrogen-bond donors (Lipinski definition) is 1. The van der Waals surface area contributed by atoms with Crippen LogP contribution in [-0.4, -0.2) is 16.7 Å². The van der Waals surface area contributed by atoms with Gasteiger partial charge in [0.2, 0.25) is 0 Å². The van der Waals surface area contributed by atoms with Crippen LogP contribution in [0.15, 0.2) is 0 Å². The molecule has 0 fully saturated rings. The summed E-state index contributed by atoms with van der Waals surface area (Å²) in [6.45, 7) is 4.64. The van der Waals surface area contributed by atoms with Crippen molar-refractivity contribution in [2.24, 2.45) is 5.92 Å². The third-order valence-electron chi connectivity index (χ3n) is 1.88. The predicted octanol–water partition coefficient (Wildman–Crippen LogP) is 2.24. The smallest absolute Gasteiger partial charge is 0.303 e. The van der Waals surface area contributed by atoms with Crippen LogP contribution in [0.4, 0.5) is 4.39 Å². The van der Waals surface area contributed by atoms with Gasteiger partial charge in [-0.15, -0.1) is 0 Å². The summed E-state index contributed by atoms with van der Waals surface area (Å²) < 4.78 is 13.2. The van der Waals surface area contributed by atoms with E-state index >= 15 is 0 Å². The second-order valence-electron chi connectivity index (χ2n) is 3.27. The van der Waals surface area contributed by atoms with Gasteiger partial charge in [0, 0.05) is 5.92 Å². The number of carboxylic acid groups (broad SMARTS) is 1. The van der Waals surface area contributed by atoms with E-state index in [0.29, 0.717) is 6.42 Å². The van der Waals surface area contributed by atoms with E-state index in [4.69, 9.17) is 5.11 Å². The molecule has 0 amide bonds. The lowest BCUT2D eigenvalue weighted by atomic mass is 9.88. The Morgan fingerprint density at radius 3 is 2.18 bits per heavy atom. The number of alkyl halides is 1. The molecule has 3 heteroatoms. The van der Waals surface area contributed by atoms with Gasteiger partial charge in [-0.25, -0.2) is 4.39 Å². The second kappa shape index (κ2) is 3.69. The minimum absolute atomic E-state index is 0.0833. The molecule has 66 valence electrons. The summed E-state index contributed by atoms with van der Waals surface area (Å²) in [5.41, 5.74) is -1.38. The minimum atomic E-state index is -1.38. The van der Waals surface area contributed by atoms with Crippen molar-refractivity contribution < 1.29 is 14.3 Å². The molecule has 11 heavy (non-hydrogen) atoms. The highest BCUT2D eigenvalue weighted by molar-refractivity contribution is 5.67. The Bertz CT molecular complexity index is 138. The Kier molecular flexibility index (Phi) is 3.49. The van der Waals surface area contributed by atoms with Crippen LogP contribution in [0.5, 0.6) is 0 Å². The molecule has 0 saturated carbocycles. The van der Waals surface area contributed by atoms with Gasteiger partial charge in [-0.2, -0.15) is 0 Å². The highest BCUT2D eigenvalue weighted by atomic mass is 19.1. The molecule has 0 aromatic rings. The summed E-state index contributed by atoms with van der Waals surface area (Å²) in [5, 5.41) is 8.41. The van der Waals surface area contributed by atoms with Gasteiger partial charge in [0.1, 0.15) is 5.67 Å². The lowest BCUT2D eigenvalue weighted by Gasteiger charge is -2.23. The molecule has 2 nitrogen and oxygen atoms in total. The first kappa shape index (κ1) is 10.4. The monoisotopic (exact) mass is 162 g/mol. The normalized spacial score (nSPS) is 14.5.